The average Bonchev–Trinajstić information content (AvgIpc) is 2.70. The molecule has 0 aliphatic rings. The zero-order valence-electron chi connectivity index (χ0n) is 14.8. The van der Waals surface area contributed by atoms with E-state index in [1.807, 2.05) is 61.5 Å². The summed E-state index contributed by atoms with van der Waals surface area (Å²) in [5.41, 5.74) is 2.94. The molecule has 5 nitrogen and oxygen atoms in total. The molecular weight excluding hydrogens is 341 g/mol. The average molecular weight is 359 g/mol. The number of aromatic nitrogens is 2. The second-order valence-corrected chi connectivity index (χ2v) is 5.99. The first-order chi connectivity index (χ1) is 13.1. The van der Waals surface area contributed by atoms with Gasteiger partial charge >= 0.3 is 0 Å². The van der Waals surface area contributed by atoms with Crippen molar-refractivity contribution in [3.8, 4) is 6.07 Å². The number of nitrogens with zero attached hydrogens (tertiary/aromatic N) is 3. The Kier molecular flexibility index (Phi) is 5.43. The highest BCUT2D eigenvalue weighted by atomic mass is 19.1. The van der Waals surface area contributed by atoms with E-state index in [9.17, 15) is 4.39 Å². The molecular formula is C21H18FN5. The quantitative estimate of drug-likeness (QED) is 0.585. The standard InChI is InChI=1S/C21H18FN5/c1-14(12-23)15(2)16-8-10-18(11-9-16)25-20-19(22)13-24-21(27-20)26-17-6-4-3-5-7-17/h3-11,13,15H,1H2,2H3,(H2,24,25,26,27). The molecule has 0 aliphatic carbocycles. The molecule has 1 atom stereocenters. The van der Waals surface area contributed by atoms with E-state index in [1.54, 1.807) is 0 Å². The van der Waals surface area contributed by atoms with Crippen molar-refractivity contribution in [2.24, 2.45) is 0 Å². The number of allylic oxidation sites excluding steroid dienone is 1. The summed E-state index contributed by atoms with van der Waals surface area (Å²) in [6.45, 7) is 5.66. The van der Waals surface area contributed by atoms with Gasteiger partial charge in [0.05, 0.1) is 12.3 Å². The molecule has 134 valence electrons. The summed E-state index contributed by atoms with van der Waals surface area (Å²) >= 11 is 0. The van der Waals surface area contributed by atoms with Gasteiger partial charge in [0.25, 0.3) is 0 Å². The van der Waals surface area contributed by atoms with Crippen LogP contribution in [0, 0.1) is 17.1 Å². The van der Waals surface area contributed by atoms with E-state index in [2.05, 4.69) is 33.2 Å². The maximum atomic E-state index is 14.1. The van der Waals surface area contributed by atoms with Gasteiger partial charge in [0.15, 0.2) is 11.6 Å². The number of para-hydroxylation sites is 1. The van der Waals surface area contributed by atoms with Crippen LogP contribution in [0.3, 0.4) is 0 Å². The Morgan fingerprint density at radius 2 is 1.74 bits per heavy atom. The topological polar surface area (TPSA) is 73.6 Å². The van der Waals surface area contributed by atoms with Crippen molar-refractivity contribution in [1.82, 2.24) is 9.97 Å². The number of benzene rings is 2. The van der Waals surface area contributed by atoms with Crippen LogP contribution in [0.25, 0.3) is 0 Å². The third-order valence-electron chi connectivity index (χ3n) is 4.11. The highest BCUT2D eigenvalue weighted by Crippen LogP contribution is 2.25. The Bertz CT molecular complexity index is 978. The lowest BCUT2D eigenvalue weighted by Gasteiger charge is -2.12. The lowest BCUT2D eigenvalue weighted by Crippen LogP contribution is -2.03. The van der Waals surface area contributed by atoms with E-state index in [-0.39, 0.29) is 11.7 Å². The monoisotopic (exact) mass is 359 g/mol. The fourth-order valence-corrected chi connectivity index (χ4v) is 2.46. The number of nitrogens with one attached hydrogen (secondary N) is 2. The summed E-state index contributed by atoms with van der Waals surface area (Å²) in [5.74, 6) is -0.253. The minimum Gasteiger partial charge on any atom is -0.338 e. The van der Waals surface area contributed by atoms with E-state index in [0.717, 1.165) is 17.4 Å². The first kappa shape index (κ1) is 18.1. The van der Waals surface area contributed by atoms with Crippen LogP contribution in [0.15, 0.2) is 72.9 Å². The fourth-order valence-electron chi connectivity index (χ4n) is 2.46. The summed E-state index contributed by atoms with van der Waals surface area (Å²) in [6, 6.07) is 18.8. The largest absolute Gasteiger partial charge is 0.338 e. The van der Waals surface area contributed by atoms with Crippen molar-refractivity contribution < 1.29 is 4.39 Å². The molecule has 0 spiro atoms. The summed E-state index contributed by atoms with van der Waals surface area (Å²) < 4.78 is 14.1. The Morgan fingerprint density at radius 3 is 2.41 bits per heavy atom. The molecule has 0 saturated heterocycles. The van der Waals surface area contributed by atoms with Crippen molar-refractivity contribution in [1.29, 1.82) is 5.26 Å². The van der Waals surface area contributed by atoms with Gasteiger partial charge in [-0.25, -0.2) is 9.37 Å². The van der Waals surface area contributed by atoms with E-state index < -0.39 is 5.82 Å². The first-order valence-corrected chi connectivity index (χ1v) is 8.37. The molecule has 6 heteroatoms. The van der Waals surface area contributed by atoms with Crippen LogP contribution in [-0.4, -0.2) is 9.97 Å². The van der Waals surface area contributed by atoms with Gasteiger partial charge in [-0.05, 0) is 29.8 Å². The van der Waals surface area contributed by atoms with Crippen LogP contribution < -0.4 is 10.6 Å². The number of hydrogen-bond acceptors (Lipinski definition) is 5. The van der Waals surface area contributed by atoms with Crippen molar-refractivity contribution in [2.75, 3.05) is 10.6 Å². The van der Waals surface area contributed by atoms with Gasteiger partial charge in [-0.1, -0.05) is 43.8 Å². The normalized spacial score (nSPS) is 11.3. The molecule has 0 radical (unpaired) electrons. The van der Waals surface area contributed by atoms with Crippen LogP contribution in [0.5, 0.6) is 0 Å². The molecule has 1 aromatic heterocycles. The number of anilines is 4. The molecule has 3 aromatic rings. The lowest BCUT2D eigenvalue weighted by atomic mass is 9.95. The maximum absolute atomic E-state index is 14.1. The van der Waals surface area contributed by atoms with Crippen LogP contribution in [0.4, 0.5) is 27.5 Å². The van der Waals surface area contributed by atoms with E-state index in [0.29, 0.717) is 17.2 Å². The SMILES string of the molecule is C=C(C#N)C(C)c1ccc(Nc2nc(Nc3ccccc3)ncc2F)cc1. The molecule has 3 rings (SSSR count). The number of hydrogen-bond donors (Lipinski definition) is 2. The lowest BCUT2D eigenvalue weighted by molar-refractivity contribution is 0.619. The van der Waals surface area contributed by atoms with Gasteiger partial charge in [-0.15, -0.1) is 0 Å². The van der Waals surface area contributed by atoms with Gasteiger partial charge in [-0.3, -0.25) is 0 Å². The van der Waals surface area contributed by atoms with Crippen molar-refractivity contribution in [3.63, 3.8) is 0 Å². The molecule has 1 heterocycles. The maximum Gasteiger partial charge on any atom is 0.229 e. The number of rotatable bonds is 6. The van der Waals surface area contributed by atoms with Crippen molar-refractivity contribution in [2.45, 2.75) is 12.8 Å². The molecule has 0 amide bonds. The van der Waals surface area contributed by atoms with Crippen molar-refractivity contribution >= 4 is 23.1 Å². The summed E-state index contributed by atoms with van der Waals surface area (Å²) in [7, 11) is 0. The van der Waals surface area contributed by atoms with Crippen molar-refractivity contribution in [3.05, 3.63) is 84.3 Å². The van der Waals surface area contributed by atoms with Crippen LogP contribution in [0.1, 0.15) is 18.4 Å². The first-order valence-electron chi connectivity index (χ1n) is 8.37. The third-order valence-corrected chi connectivity index (χ3v) is 4.11. The van der Waals surface area contributed by atoms with E-state index in [1.165, 1.54) is 0 Å². The molecule has 2 aromatic carbocycles. The highest BCUT2D eigenvalue weighted by Gasteiger charge is 2.11. The molecule has 0 aliphatic heterocycles. The second-order valence-electron chi connectivity index (χ2n) is 5.99. The van der Waals surface area contributed by atoms with Crippen LogP contribution in [-0.2, 0) is 0 Å². The smallest absolute Gasteiger partial charge is 0.229 e. The number of nitriles is 1. The molecule has 0 bridgehead atoms. The van der Waals surface area contributed by atoms with Crippen LogP contribution in [0.2, 0.25) is 0 Å². The number of halogens is 1. The Hall–Kier alpha value is -3.72. The van der Waals surface area contributed by atoms with Gasteiger partial charge in [-0.2, -0.15) is 10.2 Å². The zero-order valence-corrected chi connectivity index (χ0v) is 14.8. The van der Waals surface area contributed by atoms with E-state index >= 15 is 0 Å². The van der Waals surface area contributed by atoms with Crippen LogP contribution >= 0.6 is 0 Å². The summed E-state index contributed by atoms with van der Waals surface area (Å²) in [6.07, 6.45) is 1.12. The minimum atomic E-state index is -0.552. The Balaban J connectivity index is 1.76. The van der Waals surface area contributed by atoms with E-state index in [4.69, 9.17) is 5.26 Å². The predicted octanol–water partition coefficient (Wildman–Crippen LogP) is 5.29. The molecule has 0 saturated carbocycles. The predicted molar refractivity (Wildman–Crippen MR) is 105 cm³/mol. The molecule has 2 N–H and O–H groups in total. The Morgan fingerprint density at radius 1 is 1.07 bits per heavy atom. The molecule has 27 heavy (non-hydrogen) atoms. The molecule has 0 fully saturated rings. The molecule has 1 unspecified atom stereocenters. The zero-order chi connectivity index (χ0) is 19.2. The summed E-state index contributed by atoms with van der Waals surface area (Å²) in [4.78, 5) is 8.16. The second kappa shape index (κ2) is 8.11. The minimum absolute atomic E-state index is 0.0680. The van der Waals surface area contributed by atoms with Gasteiger partial charge in [0.2, 0.25) is 5.95 Å². The highest BCUT2D eigenvalue weighted by molar-refractivity contribution is 5.60. The third kappa shape index (κ3) is 4.47. The Labute approximate surface area is 157 Å². The summed E-state index contributed by atoms with van der Waals surface area (Å²) in [5, 5.41) is 14.9. The van der Waals surface area contributed by atoms with Gasteiger partial charge in [0, 0.05) is 22.9 Å². The van der Waals surface area contributed by atoms with Gasteiger partial charge < -0.3 is 10.6 Å². The van der Waals surface area contributed by atoms with Gasteiger partial charge in [0.1, 0.15) is 0 Å². The fraction of sp³-hybridized carbons (Fsp3) is 0.0952.